The molecular formula is C28H30N7+. The average Bonchev–Trinajstić information content (AvgIpc) is 3.56. The zero-order chi connectivity index (χ0) is 24.0. The molecule has 4 heterocycles. The van der Waals surface area contributed by atoms with E-state index in [0.717, 1.165) is 57.8 Å². The normalized spacial score (nSPS) is 20.3. The van der Waals surface area contributed by atoms with Crippen molar-refractivity contribution in [1.82, 2.24) is 29.0 Å². The topological polar surface area (TPSA) is 82.0 Å². The molecule has 0 radical (unpaired) electrons. The number of rotatable bonds is 5. The highest BCUT2D eigenvalue weighted by molar-refractivity contribution is 5.95. The van der Waals surface area contributed by atoms with Gasteiger partial charge in [0.25, 0.3) is 0 Å². The quantitative estimate of drug-likeness (QED) is 0.376. The van der Waals surface area contributed by atoms with Gasteiger partial charge in [0, 0.05) is 37.3 Å². The smallest absolute Gasteiger partial charge is 0.317 e. The Kier molecular flexibility index (Phi) is 5.31. The number of aromatic nitrogens is 5. The predicted molar refractivity (Wildman–Crippen MR) is 141 cm³/mol. The molecule has 0 spiro atoms. The van der Waals surface area contributed by atoms with E-state index in [1.54, 1.807) is 0 Å². The second-order valence-electron chi connectivity index (χ2n) is 9.74. The monoisotopic (exact) mass is 464 g/mol. The Labute approximate surface area is 204 Å². The van der Waals surface area contributed by atoms with Gasteiger partial charge in [-0.1, -0.05) is 36.4 Å². The molecule has 6 rings (SSSR count). The number of quaternary nitrogens is 1. The van der Waals surface area contributed by atoms with Gasteiger partial charge in [-0.25, -0.2) is 4.40 Å². The van der Waals surface area contributed by atoms with Crippen molar-refractivity contribution in [3.8, 4) is 22.4 Å². The standard InChI is InChI=1S/C28H30N7/c1-19(2)35(15-5-8-24(35)17-29)28-32-26(21-11-13-30-14-12-21)25(27-33-31-18-34(27)28)23-10-9-20-6-3-4-7-22(20)16-23/h3-4,6-7,9-14,16,18-19,24H,5,8,15,17,29H2,1-2H3/q+1. The first-order valence-corrected chi connectivity index (χ1v) is 12.3. The summed E-state index contributed by atoms with van der Waals surface area (Å²) in [5.41, 5.74) is 11.1. The number of likely N-dealkylation sites (tertiary alicyclic amines) is 1. The second-order valence-corrected chi connectivity index (χ2v) is 9.74. The fraction of sp³-hybridized carbons (Fsp3) is 0.286. The summed E-state index contributed by atoms with van der Waals surface area (Å²) in [6, 6.07) is 19.6. The first-order valence-electron chi connectivity index (χ1n) is 12.3. The van der Waals surface area contributed by atoms with Crippen molar-refractivity contribution in [3.63, 3.8) is 0 Å². The SMILES string of the molecule is CC(C)[N+]1(c2nc(-c3ccncc3)c(-c3ccc4ccccc4c3)c3nncn23)CCCC1CN. The highest BCUT2D eigenvalue weighted by Crippen LogP contribution is 2.41. The molecule has 7 heteroatoms. The van der Waals surface area contributed by atoms with E-state index >= 15 is 0 Å². The maximum Gasteiger partial charge on any atom is 0.317 e. The molecule has 5 aromatic rings. The third-order valence-corrected chi connectivity index (χ3v) is 7.71. The third kappa shape index (κ3) is 3.34. The van der Waals surface area contributed by atoms with E-state index in [-0.39, 0.29) is 0 Å². The van der Waals surface area contributed by atoms with Crippen molar-refractivity contribution in [1.29, 1.82) is 0 Å². The summed E-state index contributed by atoms with van der Waals surface area (Å²) in [7, 11) is 0. The van der Waals surface area contributed by atoms with Crippen LogP contribution < -0.4 is 10.2 Å². The lowest BCUT2D eigenvalue weighted by Gasteiger charge is -2.41. The van der Waals surface area contributed by atoms with Crippen molar-refractivity contribution in [2.45, 2.75) is 38.8 Å². The van der Waals surface area contributed by atoms with E-state index in [0.29, 0.717) is 18.6 Å². The van der Waals surface area contributed by atoms with Crippen LogP contribution >= 0.6 is 0 Å². The van der Waals surface area contributed by atoms with Gasteiger partial charge >= 0.3 is 5.95 Å². The van der Waals surface area contributed by atoms with Crippen LogP contribution in [0.15, 0.2) is 73.3 Å². The highest BCUT2D eigenvalue weighted by atomic mass is 15.5. The van der Waals surface area contributed by atoms with Crippen LogP contribution in [-0.2, 0) is 0 Å². The molecule has 1 fully saturated rings. The predicted octanol–water partition coefficient (Wildman–Crippen LogP) is 4.84. The Balaban J connectivity index is 1.70. The molecule has 2 atom stereocenters. The van der Waals surface area contributed by atoms with Gasteiger partial charge in [0.1, 0.15) is 12.4 Å². The summed E-state index contributed by atoms with van der Waals surface area (Å²) in [4.78, 5) is 9.70. The molecule has 7 nitrogen and oxygen atoms in total. The zero-order valence-electron chi connectivity index (χ0n) is 20.2. The number of pyridine rings is 1. The molecule has 0 amide bonds. The van der Waals surface area contributed by atoms with Gasteiger partial charge in [0.05, 0.1) is 23.8 Å². The van der Waals surface area contributed by atoms with E-state index in [1.807, 2.05) is 30.9 Å². The first-order chi connectivity index (χ1) is 17.1. The minimum absolute atomic E-state index is 0.310. The van der Waals surface area contributed by atoms with Gasteiger partial charge < -0.3 is 5.73 Å². The summed E-state index contributed by atoms with van der Waals surface area (Å²) in [5, 5.41) is 11.4. The number of nitrogens with two attached hydrogens (primary N) is 1. The Morgan fingerprint density at radius 2 is 1.83 bits per heavy atom. The van der Waals surface area contributed by atoms with Crippen molar-refractivity contribution in [2.24, 2.45) is 5.73 Å². The van der Waals surface area contributed by atoms with Crippen molar-refractivity contribution in [3.05, 3.63) is 73.3 Å². The Hall–Kier alpha value is -3.68. The maximum absolute atomic E-state index is 6.33. The molecule has 2 aromatic carbocycles. The molecule has 2 unspecified atom stereocenters. The maximum atomic E-state index is 6.33. The van der Waals surface area contributed by atoms with Crippen molar-refractivity contribution in [2.75, 3.05) is 13.1 Å². The molecule has 0 aliphatic carbocycles. The van der Waals surface area contributed by atoms with Gasteiger partial charge in [-0.05, 0) is 48.4 Å². The van der Waals surface area contributed by atoms with Crippen LogP contribution in [0.1, 0.15) is 26.7 Å². The third-order valence-electron chi connectivity index (χ3n) is 7.71. The Morgan fingerprint density at radius 3 is 2.60 bits per heavy atom. The summed E-state index contributed by atoms with van der Waals surface area (Å²) >= 11 is 0. The van der Waals surface area contributed by atoms with Gasteiger partial charge in [-0.15, -0.1) is 10.2 Å². The van der Waals surface area contributed by atoms with Crippen molar-refractivity contribution >= 4 is 22.4 Å². The lowest BCUT2D eigenvalue weighted by atomic mass is 9.98. The lowest BCUT2D eigenvalue weighted by Crippen LogP contribution is -2.61. The minimum atomic E-state index is 0.310. The number of hydrogen-bond acceptors (Lipinski definition) is 5. The molecule has 2 N–H and O–H groups in total. The Bertz CT molecular complexity index is 1510. The summed E-state index contributed by atoms with van der Waals surface area (Å²) in [5.74, 6) is 0.962. The average molecular weight is 465 g/mol. The lowest BCUT2D eigenvalue weighted by molar-refractivity contribution is 0.195. The van der Waals surface area contributed by atoms with Crippen LogP contribution in [0.2, 0.25) is 0 Å². The van der Waals surface area contributed by atoms with Crippen LogP contribution in [0, 0.1) is 0 Å². The van der Waals surface area contributed by atoms with E-state index in [1.165, 1.54) is 10.8 Å². The van der Waals surface area contributed by atoms with Crippen LogP contribution in [0.3, 0.4) is 0 Å². The minimum Gasteiger partial charge on any atom is -0.325 e. The Morgan fingerprint density at radius 1 is 1.03 bits per heavy atom. The zero-order valence-corrected chi connectivity index (χ0v) is 20.2. The summed E-state index contributed by atoms with van der Waals surface area (Å²) < 4.78 is 2.84. The second kappa shape index (κ2) is 8.52. The van der Waals surface area contributed by atoms with Crippen LogP contribution in [0.25, 0.3) is 38.8 Å². The molecule has 0 bridgehead atoms. The molecule has 1 aliphatic heterocycles. The molecule has 1 aliphatic rings. The van der Waals surface area contributed by atoms with Gasteiger partial charge in [0.2, 0.25) is 0 Å². The van der Waals surface area contributed by atoms with E-state index in [4.69, 9.17) is 10.7 Å². The van der Waals surface area contributed by atoms with Crippen molar-refractivity contribution < 1.29 is 0 Å². The van der Waals surface area contributed by atoms with Crippen LogP contribution in [0.5, 0.6) is 0 Å². The molecular weight excluding hydrogens is 434 g/mol. The fourth-order valence-electron chi connectivity index (χ4n) is 5.97. The van der Waals surface area contributed by atoms with Gasteiger partial charge in [-0.2, -0.15) is 4.98 Å². The molecule has 0 saturated carbocycles. The molecule has 1 saturated heterocycles. The largest absolute Gasteiger partial charge is 0.325 e. The van der Waals surface area contributed by atoms with E-state index in [9.17, 15) is 0 Å². The summed E-state index contributed by atoms with van der Waals surface area (Å²) in [6.07, 6.45) is 7.67. The number of fused-ring (bicyclic) bond motifs is 2. The van der Waals surface area contributed by atoms with Gasteiger partial charge in [0.15, 0.2) is 5.65 Å². The van der Waals surface area contributed by atoms with Gasteiger partial charge in [-0.3, -0.25) is 9.47 Å². The highest BCUT2D eigenvalue weighted by Gasteiger charge is 2.48. The first kappa shape index (κ1) is 21.8. The van der Waals surface area contributed by atoms with E-state index in [2.05, 4.69) is 75.9 Å². The fourth-order valence-corrected chi connectivity index (χ4v) is 5.97. The van der Waals surface area contributed by atoms with E-state index < -0.39 is 0 Å². The van der Waals surface area contributed by atoms with Crippen LogP contribution in [0.4, 0.5) is 5.95 Å². The molecule has 3 aromatic heterocycles. The number of benzene rings is 2. The number of nitrogens with zero attached hydrogens (tertiary/aromatic N) is 6. The number of hydrogen-bond donors (Lipinski definition) is 1. The summed E-state index contributed by atoms with van der Waals surface area (Å²) in [6.45, 7) is 6.18. The molecule has 176 valence electrons. The molecule has 35 heavy (non-hydrogen) atoms. The van der Waals surface area contributed by atoms with Crippen LogP contribution in [-0.4, -0.2) is 49.7 Å².